The Morgan fingerprint density at radius 2 is 1.58 bits per heavy atom. The molecule has 1 heterocycles. The number of anilines is 1. The molecule has 8 N–H and O–H groups in total. The molecule has 8 amide bonds. The molecule has 2 fully saturated rings. The van der Waals surface area contributed by atoms with Crippen LogP contribution in [0.1, 0.15) is 83.7 Å². The van der Waals surface area contributed by atoms with Gasteiger partial charge in [0.05, 0.1) is 25.2 Å². The Morgan fingerprint density at radius 1 is 0.898 bits per heavy atom. The number of hydrogen-bond donors (Lipinski definition) is 7. The van der Waals surface area contributed by atoms with E-state index in [1.54, 1.807) is 61.5 Å². The van der Waals surface area contributed by atoms with Crippen LogP contribution in [0, 0.1) is 11.8 Å². The van der Waals surface area contributed by atoms with Gasteiger partial charge in [-0.2, -0.15) is 0 Å². The van der Waals surface area contributed by atoms with Crippen LogP contribution in [0.3, 0.4) is 0 Å². The summed E-state index contributed by atoms with van der Waals surface area (Å²) in [5, 5.41) is 16.1. The normalized spacial score (nSPS) is 18.1. The maximum atomic E-state index is 14.5. The number of halogens is 1. The number of carbonyl (C=O) groups excluding carboxylic acids is 8. The molecule has 0 spiro atoms. The van der Waals surface area contributed by atoms with Gasteiger partial charge in [0.25, 0.3) is 5.91 Å². The zero-order chi connectivity index (χ0) is 43.1. The first-order valence-corrected chi connectivity index (χ1v) is 20.4. The number of amides is 8. The molecular formula is C41H55ClN8O9. The van der Waals surface area contributed by atoms with Crippen molar-refractivity contribution in [2.45, 2.75) is 102 Å². The summed E-state index contributed by atoms with van der Waals surface area (Å²) in [6.07, 6.45) is 3.59. The zero-order valence-corrected chi connectivity index (χ0v) is 34.3. The van der Waals surface area contributed by atoms with Gasteiger partial charge in [0.2, 0.25) is 29.4 Å². The third-order valence-corrected chi connectivity index (χ3v) is 10.4. The molecule has 59 heavy (non-hydrogen) atoms. The molecule has 4 rings (SSSR count). The van der Waals surface area contributed by atoms with Crippen molar-refractivity contribution in [2.24, 2.45) is 17.6 Å². The first kappa shape index (κ1) is 46.0. The lowest BCUT2D eigenvalue weighted by atomic mass is 9.83. The first-order chi connectivity index (χ1) is 28.2. The summed E-state index contributed by atoms with van der Waals surface area (Å²) in [4.78, 5) is 107. The quantitative estimate of drug-likeness (QED) is 0.109. The van der Waals surface area contributed by atoms with Crippen LogP contribution in [0.15, 0.2) is 54.6 Å². The highest BCUT2D eigenvalue weighted by molar-refractivity contribution is 6.38. The molecule has 1 saturated carbocycles. The van der Waals surface area contributed by atoms with Crippen molar-refractivity contribution in [1.82, 2.24) is 31.5 Å². The number of nitrogens with two attached hydrogens (primary N) is 1. The number of rotatable bonds is 18. The van der Waals surface area contributed by atoms with Crippen molar-refractivity contribution < 1.29 is 43.1 Å². The van der Waals surface area contributed by atoms with E-state index in [9.17, 15) is 38.4 Å². The molecule has 1 saturated heterocycles. The highest BCUT2D eigenvalue weighted by Crippen LogP contribution is 2.30. The number of nitrogens with zero attached hydrogens (tertiary/aromatic N) is 1. The van der Waals surface area contributed by atoms with Gasteiger partial charge >= 0.3 is 12.1 Å². The van der Waals surface area contributed by atoms with Crippen molar-refractivity contribution in [3.8, 4) is 0 Å². The second kappa shape index (κ2) is 22.4. The first-order valence-electron chi connectivity index (χ1n) is 20.0. The van der Waals surface area contributed by atoms with Crippen molar-refractivity contribution >= 4 is 64.7 Å². The van der Waals surface area contributed by atoms with Crippen LogP contribution in [0.5, 0.6) is 0 Å². The number of urea groups is 1. The van der Waals surface area contributed by atoms with E-state index in [0.29, 0.717) is 35.5 Å². The Labute approximate surface area is 348 Å². The molecular weight excluding hydrogens is 784 g/mol. The SMILES string of the molecule is CCCC(NC(=O)C1CC(NC(=O)Nc2ccc(Cl)cc2)CN1C(=O)C(NC(=O)OCC(C)C)C1CCCCC1)C(=O)C(=O)NCC(=O)NC(C(N)=O)c1ccccc1. The number of Topliss-reactive ketones (excluding diaryl/α,β-unsaturated/α-hetero) is 1. The van der Waals surface area contributed by atoms with E-state index in [1.165, 1.54) is 4.90 Å². The molecule has 2 aliphatic rings. The minimum Gasteiger partial charge on any atom is -0.449 e. The van der Waals surface area contributed by atoms with Crippen molar-refractivity contribution in [3.05, 3.63) is 65.2 Å². The molecule has 18 heteroatoms. The summed E-state index contributed by atoms with van der Waals surface area (Å²) in [6.45, 7) is 4.87. The second-order valence-electron chi connectivity index (χ2n) is 15.3. The van der Waals surface area contributed by atoms with Crippen LogP contribution in [-0.2, 0) is 33.5 Å². The predicted molar refractivity (Wildman–Crippen MR) is 219 cm³/mol. The van der Waals surface area contributed by atoms with Gasteiger partial charge in [0.1, 0.15) is 18.1 Å². The van der Waals surface area contributed by atoms with Crippen LogP contribution in [0.4, 0.5) is 15.3 Å². The third kappa shape index (κ3) is 14.0. The van der Waals surface area contributed by atoms with Gasteiger partial charge in [-0.1, -0.05) is 88.4 Å². The van der Waals surface area contributed by atoms with E-state index in [4.69, 9.17) is 22.1 Å². The fourth-order valence-corrected chi connectivity index (χ4v) is 7.29. The van der Waals surface area contributed by atoms with E-state index in [1.807, 2.05) is 13.8 Å². The van der Waals surface area contributed by atoms with Gasteiger partial charge < -0.3 is 47.3 Å². The van der Waals surface area contributed by atoms with Crippen molar-refractivity contribution in [3.63, 3.8) is 0 Å². The molecule has 17 nitrogen and oxygen atoms in total. The Kier molecular flexibility index (Phi) is 17.5. The molecule has 1 aliphatic carbocycles. The predicted octanol–water partition coefficient (Wildman–Crippen LogP) is 3.08. The molecule has 2 aromatic carbocycles. The van der Waals surface area contributed by atoms with Crippen LogP contribution < -0.4 is 37.6 Å². The van der Waals surface area contributed by atoms with Crippen LogP contribution in [0.25, 0.3) is 0 Å². The number of primary amides is 1. The highest BCUT2D eigenvalue weighted by atomic mass is 35.5. The molecule has 0 radical (unpaired) electrons. The monoisotopic (exact) mass is 838 g/mol. The number of hydrogen-bond acceptors (Lipinski definition) is 9. The summed E-state index contributed by atoms with van der Waals surface area (Å²) < 4.78 is 5.37. The number of likely N-dealkylation sites (tertiary alicyclic amines) is 1. The van der Waals surface area contributed by atoms with Crippen LogP contribution >= 0.6 is 11.6 Å². The number of alkyl carbamates (subject to hydrolysis) is 1. The van der Waals surface area contributed by atoms with Gasteiger partial charge in [-0.15, -0.1) is 0 Å². The maximum absolute atomic E-state index is 14.5. The lowest BCUT2D eigenvalue weighted by molar-refractivity contribution is -0.143. The summed E-state index contributed by atoms with van der Waals surface area (Å²) in [6, 6.07) is 8.56. The molecule has 2 aromatic rings. The van der Waals surface area contributed by atoms with E-state index < -0.39 is 84.2 Å². The lowest BCUT2D eigenvalue weighted by Crippen LogP contribution is -2.58. The summed E-state index contributed by atoms with van der Waals surface area (Å²) in [7, 11) is 0. The number of benzene rings is 2. The average molecular weight is 839 g/mol. The van der Waals surface area contributed by atoms with E-state index in [-0.39, 0.29) is 37.8 Å². The average Bonchev–Trinajstić information content (AvgIpc) is 3.64. The Hall–Kier alpha value is -5.71. The minimum atomic E-state index is -1.34. The molecule has 0 bridgehead atoms. The highest BCUT2D eigenvalue weighted by Gasteiger charge is 2.45. The Bertz CT molecular complexity index is 1810. The standard InChI is InChI=1S/C41H55ClN8O9/c1-4-11-30(35(52)38(55)44-21-32(51)48-33(36(43)53)25-12-7-5-8-13-25)47-37(54)31-20-29(46-40(57)45-28-18-16-27(42)17-19-28)22-50(31)39(56)34(26-14-9-6-10-15-26)49-41(58)59-23-24(2)3/h5,7-8,12-13,16-19,24,26,29-31,33-34H,4,6,9-11,14-15,20-23H2,1-3H3,(H2,43,53)(H,44,55)(H,47,54)(H,48,51)(H,49,58)(H2,45,46,57). The van der Waals surface area contributed by atoms with Gasteiger partial charge in [0.15, 0.2) is 0 Å². The van der Waals surface area contributed by atoms with Gasteiger partial charge in [-0.05, 0) is 67.3 Å². The molecule has 320 valence electrons. The number of carbonyl (C=O) groups is 8. The maximum Gasteiger partial charge on any atom is 0.407 e. The van der Waals surface area contributed by atoms with Crippen LogP contribution in [0.2, 0.25) is 5.02 Å². The van der Waals surface area contributed by atoms with E-state index in [0.717, 1.165) is 19.3 Å². The minimum absolute atomic E-state index is 0.0434. The fourth-order valence-electron chi connectivity index (χ4n) is 7.16. The summed E-state index contributed by atoms with van der Waals surface area (Å²) >= 11 is 5.98. The van der Waals surface area contributed by atoms with Gasteiger partial charge in [-0.25, -0.2) is 9.59 Å². The van der Waals surface area contributed by atoms with E-state index >= 15 is 0 Å². The second-order valence-corrected chi connectivity index (χ2v) is 15.7. The molecule has 0 aromatic heterocycles. The number of nitrogens with one attached hydrogen (secondary N) is 6. The fraction of sp³-hybridized carbons (Fsp3) is 0.512. The number of ether oxygens (including phenoxy) is 1. The lowest BCUT2D eigenvalue weighted by Gasteiger charge is -2.34. The smallest absolute Gasteiger partial charge is 0.407 e. The molecule has 5 atom stereocenters. The van der Waals surface area contributed by atoms with Crippen molar-refractivity contribution in [2.75, 3.05) is 25.0 Å². The number of ketones is 1. The molecule has 5 unspecified atom stereocenters. The largest absolute Gasteiger partial charge is 0.449 e. The van der Waals surface area contributed by atoms with Gasteiger partial charge in [0, 0.05) is 17.3 Å². The topological polar surface area (TPSA) is 247 Å². The Morgan fingerprint density at radius 3 is 2.20 bits per heavy atom. The van der Waals surface area contributed by atoms with Gasteiger partial charge in [-0.3, -0.25) is 28.8 Å². The Balaban J connectivity index is 1.50. The summed E-state index contributed by atoms with van der Waals surface area (Å²) in [5.74, 6) is -5.31. The van der Waals surface area contributed by atoms with Crippen molar-refractivity contribution in [1.29, 1.82) is 0 Å². The van der Waals surface area contributed by atoms with E-state index in [2.05, 4.69) is 31.9 Å². The molecule has 1 aliphatic heterocycles. The van der Waals surface area contributed by atoms with Crippen LogP contribution in [-0.4, -0.2) is 96.2 Å². The zero-order valence-electron chi connectivity index (χ0n) is 33.6. The third-order valence-electron chi connectivity index (χ3n) is 10.1. The summed E-state index contributed by atoms with van der Waals surface area (Å²) in [5.41, 5.74) is 6.35.